The number of rotatable bonds is 6. The monoisotopic (exact) mass is 454 g/mol. The average Bonchev–Trinajstić information content (AvgIpc) is 2.73. The molecule has 0 aliphatic rings. The number of methoxy groups -OCH3 is 1. The van der Waals surface area contributed by atoms with Crippen molar-refractivity contribution in [2.45, 2.75) is 17.4 Å². The van der Waals surface area contributed by atoms with E-state index in [-0.39, 0.29) is 22.6 Å². The van der Waals surface area contributed by atoms with Gasteiger partial charge >= 0.3 is 6.18 Å². The third-order valence-corrected chi connectivity index (χ3v) is 5.74. The summed E-state index contributed by atoms with van der Waals surface area (Å²) in [6, 6.07) is 9.13. The number of pyridine rings is 1. The summed E-state index contributed by atoms with van der Waals surface area (Å²) in [7, 11) is -3.28. The number of ether oxygens (including phenoxy) is 1. The number of hydrogen-bond acceptors (Lipinski definition) is 6. The first kappa shape index (κ1) is 22.5. The minimum Gasteiger partial charge on any atom is -0.495 e. The van der Waals surface area contributed by atoms with Crippen molar-refractivity contribution in [1.29, 1.82) is 0 Å². The Labute approximate surface area is 175 Å². The quantitative estimate of drug-likeness (QED) is 0.492. The van der Waals surface area contributed by atoms with E-state index in [9.17, 15) is 31.8 Å². The number of benzene rings is 2. The first-order valence-corrected chi connectivity index (χ1v) is 10.2. The van der Waals surface area contributed by atoms with Gasteiger partial charge in [0.2, 0.25) is 0 Å². The van der Waals surface area contributed by atoms with Gasteiger partial charge in [-0.1, -0.05) is 12.1 Å². The van der Waals surface area contributed by atoms with Crippen molar-refractivity contribution in [3.8, 4) is 16.9 Å². The smallest absolute Gasteiger partial charge is 0.416 e. The number of aromatic nitrogens is 1. The Balaban J connectivity index is 2.15. The Morgan fingerprint density at radius 3 is 2.29 bits per heavy atom. The van der Waals surface area contributed by atoms with Crippen molar-refractivity contribution in [3.63, 3.8) is 0 Å². The van der Waals surface area contributed by atoms with Gasteiger partial charge in [-0.3, -0.25) is 9.71 Å². The molecule has 0 amide bonds. The van der Waals surface area contributed by atoms with E-state index in [1.54, 1.807) is 0 Å². The lowest BCUT2D eigenvalue weighted by molar-refractivity contribution is -0.137. The fourth-order valence-corrected chi connectivity index (χ4v) is 4.13. The number of aliphatic hydroxyl groups is 2. The van der Waals surface area contributed by atoms with Crippen molar-refractivity contribution in [1.82, 2.24) is 4.98 Å². The molecule has 0 saturated carbocycles. The van der Waals surface area contributed by atoms with Gasteiger partial charge < -0.3 is 14.9 Å². The van der Waals surface area contributed by atoms with E-state index in [1.807, 2.05) is 0 Å². The van der Waals surface area contributed by atoms with Crippen LogP contribution in [0.2, 0.25) is 0 Å². The maximum atomic E-state index is 13.3. The van der Waals surface area contributed by atoms with Gasteiger partial charge in [0.05, 0.1) is 18.4 Å². The molecule has 0 radical (unpaired) electrons. The van der Waals surface area contributed by atoms with E-state index in [4.69, 9.17) is 4.74 Å². The normalized spacial score (nSPS) is 12.1. The molecule has 11 heteroatoms. The summed E-state index contributed by atoms with van der Waals surface area (Å²) in [4.78, 5) is 3.37. The number of aliphatic hydroxyl groups excluding tert-OH is 1. The van der Waals surface area contributed by atoms with Crippen molar-refractivity contribution in [3.05, 3.63) is 72.1 Å². The number of hydrogen-bond donors (Lipinski definition) is 3. The molecule has 0 atom stereocenters. The van der Waals surface area contributed by atoms with Crippen LogP contribution in [0.5, 0.6) is 5.75 Å². The van der Waals surface area contributed by atoms with Crippen LogP contribution in [0.3, 0.4) is 0 Å². The topological polar surface area (TPSA) is 109 Å². The fourth-order valence-electron chi connectivity index (χ4n) is 2.85. The van der Waals surface area contributed by atoms with E-state index in [2.05, 4.69) is 9.71 Å². The summed E-state index contributed by atoms with van der Waals surface area (Å²) < 4.78 is 73.1. The van der Waals surface area contributed by atoms with Crippen molar-refractivity contribution < 1.29 is 36.5 Å². The summed E-state index contributed by atoms with van der Waals surface area (Å²) in [5.41, 5.74) is -0.878. The highest BCUT2D eigenvalue weighted by Crippen LogP contribution is 2.37. The number of nitrogens with one attached hydrogen (secondary N) is 1. The first-order chi connectivity index (χ1) is 14.5. The predicted octanol–water partition coefficient (Wildman–Crippen LogP) is 3.56. The van der Waals surface area contributed by atoms with Gasteiger partial charge in [-0.15, -0.1) is 0 Å². The molecule has 2 aromatic carbocycles. The van der Waals surface area contributed by atoms with Crippen LogP contribution in [0, 0.1) is 0 Å². The molecule has 3 aromatic rings. The van der Waals surface area contributed by atoms with Crippen molar-refractivity contribution in [2.75, 3.05) is 11.8 Å². The third kappa shape index (κ3) is 4.95. The van der Waals surface area contributed by atoms with Crippen molar-refractivity contribution >= 4 is 15.7 Å². The molecule has 3 N–H and O–H groups in total. The van der Waals surface area contributed by atoms with E-state index < -0.39 is 32.9 Å². The second kappa shape index (κ2) is 8.53. The van der Waals surface area contributed by atoms with Crippen LogP contribution < -0.4 is 9.46 Å². The molecule has 1 heterocycles. The molecule has 164 valence electrons. The average molecular weight is 454 g/mol. The molecule has 0 fully saturated rings. The van der Waals surface area contributed by atoms with Crippen LogP contribution in [0.4, 0.5) is 18.9 Å². The Hall–Kier alpha value is -3.15. The lowest BCUT2D eigenvalue weighted by Gasteiger charge is -2.17. The molecule has 7 nitrogen and oxygen atoms in total. The standard InChI is InChI=1S/C20H17F3N2O5S/c1-30-17-5-2-13(19(26)27)10-18(17)31(28,29)25-16-11-14(20(21,22)23)3-4-15(16)12-6-8-24-9-7-12/h2-11,19,25-27H,1H3. The molecule has 0 bridgehead atoms. The van der Waals surface area contributed by atoms with Crippen LogP contribution in [-0.4, -0.2) is 30.7 Å². The van der Waals surface area contributed by atoms with Gasteiger partial charge in [0, 0.05) is 23.5 Å². The van der Waals surface area contributed by atoms with E-state index in [1.165, 1.54) is 43.8 Å². The summed E-state index contributed by atoms with van der Waals surface area (Å²) in [5.74, 6) is -0.130. The summed E-state index contributed by atoms with van der Waals surface area (Å²) in [6.45, 7) is 0. The number of sulfonamides is 1. The minimum atomic E-state index is -4.70. The molecule has 0 aliphatic heterocycles. The van der Waals surface area contributed by atoms with Gasteiger partial charge in [0.15, 0.2) is 6.29 Å². The lowest BCUT2D eigenvalue weighted by Crippen LogP contribution is -2.16. The first-order valence-electron chi connectivity index (χ1n) is 8.71. The fraction of sp³-hybridized carbons (Fsp3) is 0.150. The number of nitrogens with zero attached hydrogens (tertiary/aromatic N) is 1. The Morgan fingerprint density at radius 1 is 1.03 bits per heavy atom. The van der Waals surface area contributed by atoms with E-state index >= 15 is 0 Å². The van der Waals surface area contributed by atoms with Crippen LogP contribution in [-0.2, 0) is 16.2 Å². The predicted molar refractivity (Wildman–Crippen MR) is 106 cm³/mol. The Bertz CT molecular complexity index is 1180. The molecule has 0 unspecified atom stereocenters. The van der Waals surface area contributed by atoms with Crippen LogP contribution in [0.15, 0.2) is 65.8 Å². The summed E-state index contributed by atoms with van der Waals surface area (Å²) in [5, 5.41) is 18.7. The zero-order chi connectivity index (χ0) is 22.8. The zero-order valence-corrected chi connectivity index (χ0v) is 16.8. The van der Waals surface area contributed by atoms with Crippen LogP contribution in [0.25, 0.3) is 11.1 Å². The maximum Gasteiger partial charge on any atom is 0.416 e. The van der Waals surface area contributed by atoms with Gasteiger partial charge in [0.1, 0.15) is 10.6 Å². The number of anilines is 1. The zero-order valence-electron chi connectivity index (χ0n) is 16.0. The molecule has 0 aliphatic carbocycles. The molecule has 1 aromatic heterocycles. The summed E-state index contributed by atoms with van der Waals surface area (Å²) >= 11 is 0. The maximum absolute atomic E-state index is 13.3. The van der Waals surface area contributed by atoms with E-state index in [0.717, 1.165) is 18.2 Å². The van der Waals surface area contributed by atoms with E-state index in [0.29, 0.717) is 11.6 Å². The number of halogens is 3. The highest BCUT2D eigenvalue weighted by Gasteiger charge is 2.32. The second-order valence-electron chi connectivity index (χ2n) is 6.38. The second-order valence-corrected chi connectivity index (χ2v) is 8.03. The summed E-state index contributed by atoms with van der Waals surface area (Å²) in [6.07, 6.45) is -3.82. The number of alkyl halides is 3. The molecule has 31 heavy (non-hydrogen) atoms. The largest absolute Gasteiger partial charge is 0.495 e. The molecular formula is C20H17F3N2O5S. The van der Waals surface area contributed by atoms with Crippen LogP contribution in [0.1, 0.15) is 17.4 Å². The van der Waals surface area contributed by atoms with Gasteiger partial charge in [-0.05, 0) is 42.0 Å². The molecule has 3 rings (SSSR count). The Kier molecular flexibility index (Phi) is 6.20. The van der Waals surface area contributed by atoms with Gasteiger partial charge in [0.25, 0.3) is 10.0 Å². The third-order valence-electron chi connectivity index (χ3n) is 4.36. The van der Waals surface area contributed by atoms with Crippen molar-refractivity contribution in [2.24, 2.45) is 0 Å². The highest BCUT2D eigenvalue weighted by molar-refractivity contribution is 7.92. The van der Waals surface area contributed by atoms with Gasteiger partial charge in [-0.25, -0.2) is 8.42 Å². The van der Waals surface area contributed by atoms with Gasteiger partial charge in [-0.2, -0.15) is 13.2 Å². The molecule has 0 spiro atoms. The molecular weight excluding hydrogens is 437 g/mol. The highest BCUT2D eigenvalue weighted by atomic mass is 32.2. The lowest BCUT2D eigenvalue weighted by atomic mass is 10.0. The SMILES string of the molecule is COc1ccc(C(O)O)cc1S(=O)(=O)Nc1cc(C(F)(F)F)ccc1-c1ccncc1. The Morgan fingerprint density at radius 2 is 1.71 bits per heavy atom. The molecule has 0 saturated heterocycles. The van der Waals surface area contributed by atoms with Crippen LogP contribution >= 0.6 is 0 Å². The minimum absolute atomic E-state index is 0.130.